The number of ketones is 1. The summed E-state index contributed by atoms with van der Waals surface area (Å²) < 4.78 is 13.3. The van der Waals surface area contributed by atoms with E-state index < -0.39 is 0 Å². The van der Waals surface area contributed by atoms with Crippen molar-refractivity contribution in [1.82, 2.24) is 4.90 Å². The molecule has 3 aliphatic heterocycles. The molecule has 0 aromatic heterocycles. The summed E-state index contributed by atoms with van der Waals surface area (Å²) in [6, 6.07) is 11.0. The summed E-state index contributed by atoms with van der Waals surface area (Å²) in [6.45, 7) is 3.84. The zero-order valence-corrected chi connectivity index (χ0v) is 18.6. The average Bonchev–Trinajstić information content (AvgIpc) is 3.24. The highest BCUT2D eigenvalue weighted by Crippen LogP contribution is 2.38. The Morgan fingerprint density at radius 1 is 1.00 bits per heavy atom. The van der Waals surface area contributed by atoms with E-state index in [4.69, 9.17) is 0 Å². The van der Waals surface area contributed by atoms with Gasteiger partial charge in [0.2, 0.25) is 5.91 Å². The quantitative estimate of drug-likeness (QED) is 0.599. The van der Waals surface area contributed by atoms with Gasteiger partial charge >= 0.3 is 0 Å². The lowest BCUT2D eigenvalue weighted by Gasteiger charge is -2.32. The molecule has 0 spiro atoms. The smallest absolute Gasteiger partial charge is 0.227 e. The predicted octanol–water partition coefficient (Wildman–Crippen LogP) is 4.58. The number of Topliss-reactive ketones (excluding diaryl/α,β-unsaturated/α-hetero) is 1. The number of benzene rings is 2. The van der Waals surface area contributed by atoms with E-state index in [-0.39, 0.29) is 17.5 Å². The van der Waals surface area contributed by atoms with Gasteiger partial charge in [0.15, 0.2) is 5.78 Å². The molecule has 0 saturated carbocycles. The maximum absolute atomic E-state index is 13.3. The van der Waals surface area contributed by atoms with E-state index in [1.54, 1.807) is 12.1 Å². The van der Waals surface area contributed by atoms with Gasteiger partial charge in [-0.3, -0.25) is 9.59 Å². The van der Waals surface area contributed by atoms with E-state index in [0.29, 0.717) is 18.8 Å². The van der Waals surface area contributed by atoms with Crippen molar-refractivity contribution in [3.05, 3.63) is 64.5 Å². The summed E-state index contributed by atoms with van der Waals surface area (Å²) in [5, 5.41) is 0. The number of aryl methyl sites for hydroxylation is 1. The molecule has 1 saturated heterocycles. The molecule has 4 nitrogen and oxygen atoms in total. The van der Waals surface area contributed by atoms with Crippen LogP contribution in [0.1, 0.15) is 59.2 Å². The van der Waals surface area contributed by atoms with Crippen molar-refractivity contribution in [2.75, 3.05) is 31.1 Å². The van der Waals surface area contributed by atoms with Gasteiger partial charge in [0, 0.05) is 31.5 Å². The molecule has 2 aromatic carbocycles. The van der Waals surface area contributed by atoms with Crippen LogP contribution in [0.3, 0.4) is 0 Å². The van der Waals surface area contributed by atoms with Crippen LogP contribution in [0.5, 0.6) is 0 Å². The first-order chi connectivity index (χ1) is 15.6. The van der Waals surface area contributed by atoms with Gasteiger partial charge in [-0.2, -0.15) is 0 Å². The van der Waals surface area contributed by atoms with Gasteiger partial charge in [0.05, 0.1) is 5.69 Å². The Bertz CT molecular complexity index is 1030. The molecular weight excluding hydrogens is 403 g/mol. The number of hydrogen-bond donors (Lipinski definition) is 0. The molecule has 0 radical (unpaired) electrons. The molecule has 0 aliphatic carbocycles. The minimum atomic E-state index is -0.163. The first-order valence-corrected chi connectivity index (χ1v) is 12.0. The van der Waals surface area contributed by atoms with Gasteiger partial charge in [-0.25, -0.2) is 4.39 Å². The van der Waals surface area contributed by atoms with Crippen molar-refractivity contribution in [2.24, 2.45) is 5.92 Å². The number of likely N-dealkylation sites (tertiary alicyclic amines) is 1. The fourth-order valence-corrected chi connectivity index (χ4v) is 5.58. The Labute approximate surface area is 189 Å². The molecule has 2 aromatic rings. The van der Waals surface area contributed by atoms with Crippen LogP contribution in [0.25, 0.3) is 0 Å². The number of piperidine rings is 1. The fourth-order valence-electron chi connectivity index (χ4n) is 5.58. The molecule has 3 aliphatic rings. The number of halogens is 1. The highest BCUT2D eigenvalue weighted by Gasteiger charge is 2.32. The Balaban J connectivity index is 1.10. The highest BCUT2D eigenvalue weighted by atomic mass is 19.1. The van der Waals surface area contributed by atoms with Crippen molar-refractivity contribution in [3.63, 3.8) is 0 Å². The van der Waals surface area contributed by atoms with E-state index in [9.17, 15) is 14.0 Å². The highest BCUT2D eigenvalue weighted by molar-refractivity contribution is 6.02. The number of amides is 1. The Kier molecular flexibility index (Phi) is 6.09. The van der Waals surface area contributed by atoms with Gasteiger partial charge in [0.25, 0.3) is 0 Å². The van der Waals surface area contributed by atoms with Crippen molar-refractivity contribution >= 4 is 17.4 Å². The molecule has 3 heterocycles. The second kappa shape index (κ2) is 9.14. The number of nitrogens with zero attached hydrogens (tertiary/aromatic N) is 2. The van der Waals surface area contributed by atoms with Crippen molar-refractivity contribution in [1.29, 1.82) is 0 Å². The van der Waals surface area contributed by atoms with Crippen LogP contribution in [0.15, 0.2) is 36.4 Å². The van der Waals surface area contributed by atoms with Gasteiger partial charge in [-0.1, -0.05) is 12.1 Å². The van der Waals surface area contributed by atoms with Crippen LogP contribution >= 0.6 is 0 Å². The Hall–Kier alpha value is -2.53. The second-order valence-corrected chi connectivity index (χ2v) is 9.57. The van der Waals surface area contributed by atoms with Gasteiger partial charge < -0.3 is 9.80 Å². The number of anilines is 1. The zero-order chi connectivity index (χ0) is 22.1. The van der Waals surface area contributed by atoms with Crippen LogP contribution in [0.2, 0.25) is 0 Å². The third kappa shape index (κ3) is 4.49. The number of hydrogen-bond acceptors (Lipinski definition) is 3. The standard InChI is InChI=1S/C27H31FN2O2/c28-24-3-1-2-20(16-24)10-14-29-12-8-19(9-13-29)4-6-25(31)23-17-21-5-7-26(32)30-15-11-22(18-23)27(21)30/h1-3,16-19H,4-15H2. The third-order valence-corrected chi connectivity index (χ3v) is 7.47. The molecule has 0 unspecified atom stereocenters. The SMILES string of the molecule is O=C(CCC1CCN(CCc2cccc(F)c2)CC1)c1cc2c3c(c1)CCN3C(=O)CC2. The first kappa shape index (κ1) is 21.3. The summed E-state index contributed by atoms with van der Waals surface area (Å²) >= 11 is 0. The van der Waals surface area contributed by atoms with Crippen LogP contribution < -0.4 is 4.90 Å². The summed E-state index contributed by atoms with van der Waals surface area (Å²) in [7, 11) is 0. The first-order valence-electron chi connectivity index (χ1n) is 12.0. The maximum Gasteiger partial charge on any atom is 0.227 e. The topological polar surface area (TPSA) is 40.6 Å². The summed E-state index contributed by atoms with van der Waals surface area (Å²) in [5.74, 6) is 0.903. The normalized spacial score (nSPS) is 18.8. The number of carbonyl (C=O) groups excluding carboxylic acids is 2. The molecular formula is C27H31FN2O2. The van der Waals surface area contributed by atoms with E-state index in [1.165, 1.54) is 17.2 Å². The summed E-state index contributed by atoms with van der Waals surface area (Å²) in [5.41, 5.74) is 5.32. The molecule has 5 heteroatoms. The molecule has 1 amide bonds. The van der Waals surface area contributed by atoms with Crippen LogP contribution in [-0.2, 0) is 24.1 Å². The van der Waals surface area contributed by atoms with Crippen LogP contribution in [0.4, 0.5) is 10.1 Å². The maximum atomic E-state index is 13.3. The third-order valence-electron chi connectivity index (χ3n) is 7.47. The molecule has 168 valence electrons. The largest absolute Gasteiger partial charge is 0.312 e. The van der Waals surface area contributed by atoms with Crippen LogP contribution in [-0.4, -0.2) is 42.8 Å². The van der Waals surface area contributed by atoms with E-state index in [0.717, 1.165) is 81.5 Å². The van der Waals surface area contributed by atoms with E-state index in [2.05, 4.69) is 4.90 Å². The summed E-state index contributed by atoms with van der Waals surface area (Å²) in [4.78, 5) is 29.4. The van der Waals surface area contributed by atoms with Gasteiger partial charge in [-0.05, 0) is 98.5 Å². The monoisotopic (exact) mass is 434 g/mol. The van der Waals surface area contributed by atoms with Crippen LogP contribution in [0, 0.1) is 11.7 Å². The summed E-state index contributed by atoms with van der Waals surface area (Å²) in [6.07, 6.45) is 6.87. The van der Waals surface area contributed by atoms with Gasteiger partial charge in [-0.15, -0.1) is 0 Å². The minimum Gasteiger partial charge on any atom is -0.312 e. The van der Waals surface area contributed by atoms with Crippen molar-refractivity contribution in [2.45, 2.75) is 51.4 Å². The van der Waals surface area contributed by atoms with E-state index >= 15 is 0 Å². The number of rotatable bonds is 7. The number of carbonyl (C=O) groups is 2. The molecule has 32 heavy (non-hydrogen) atoms. The lowest BCUT2D eigenvalue weighted by Crippen LogP contribution is -2.35. The molecule has 0 N–H and O–H groups in total. The molecule has 0 bridgehead atoms. The lowest BCUT2D eigenvalue weighted by atomic mass is 9.89. The van der Waals surface area contributed by atoms with Crippen molar-refractivity contribution in [3.8, 4) is 0 Å². The average molecular weight is 435 g/mol. The Morgan fingerprint density at radius 3 is 2.56 bits per heavy atom. The minimum absolute atomic E-state index is 0.163. The Morgan fingerprint density at radius 2 is 1.78 bits per heavy atom. The van der Waals surface area contributed by atoms with Crippen molar-refractivity contribution < 1.29 is 14.0 Å². The fraction of sp³-hybridized carbons (Fsp3) is 0.481. The zero-order valence-electron chi connectivity index (χ0n) is 18.6. The predicted molar refractivity (Wildman–Crippen MR) is 124 cm³/mol. The molecule has 0 atom stereocenters. The second-order valence-electron chi connectivity index (χ2n) is 9.57. The van der Waals surface area contributed by atoms with E-state index in [1.807, 2.05) is 23.1 Å². The molecule has 5 rings (SSSR count). The lowest BCUT2D eigenvalue weighted by molar-refractivity contribution is -0.118. The van der Waals surface area contributed by atoms with Gasteiger partial charge in [0.1, 0.15) is 5.82 Å². The molecule has 1 fully saturated rings.